The Kier molecular flexibility index (Phi) is 6.56. The summed E-state index contributed by atoms with van der Waals surface area (Å²) in [5.74, 6) is -1.92. The van der Waals surface area contributed by atoms with E-state index in [9.17, 15) is 14.4 Å². The van der Waals surface area contributed by atoms with Gasteiger partial charge in [0, 0.05) is 26.3 Å². The number of amides is 1. The van der Waals surface area contributed by atoms with Crippen molar-refractivity contribution in [1.29, 1.82) is 0 Å². The first kappa shape index (κ1) is 18.3. The van der Waals surface area contributed by atoms with E-state index in [0.717, 1.165) is 0 Å². The summed E-state index contributed by atoms with van der Waals surface area (Å²) in [4.78, 5) is 33.7. The molecule has 0 saturated heterocycles. The zero-order chi connectivity index (χ0) is 16.2. The number of nitrogens with one attached hydrogen (secondary N) is 1. The summed E-state index contributed by atoms with van der Waals surface area (Å²) in [5.41, 5.74) is 0. The molecule has 0 heterocycles. The van der Waals surface area contributed by atoms with Gasteiger partial charge >= 0.3 is 11.9 Å². The van der Waals surface area contributed by atoms with Crippen LogP contribution < -0.4 is 5.32 Å². The molecule has 6 nitrogen and oxygen atoms in total. The largest absolute Gasteiger partial charge is 0.459 e. The van der Waals surface area contributed by atoms with E-state index in [4.69, 9.17) is 44.3 Å². The van der Waals surface area contributed by atoms with Crippen molar-refractivity contribution in [2.45, 2.75) is 42.7 Å². The predicted octanol–water partition coefficient (Wildman–Crippen LogP) is 1.75. The Morgan fingerprint density at radius 3 is 2.14 bits per heavy atom. The highest BCUT2D eigenvalue weighted by Crippen LogP contribution is 2.32. The number of carbonyl (C=O) groups excluding carboxylic acids is 3. The van der Waals surface area contributed by atoms with Crippen LogP contribution in [0.25, 0.3) is 0 Å². The second-order valence-corrected chi connectivity index (χ2v) is 7.05. The fourth-order valence-corrected chi connectivity index (χ4v) is 2.46. The van der Waals surface area contributed by atoms with Gasteiger partial charge in [0.2, 0.25) is 0 Å². The van der Waals surface area contributed by atoms with Crippen LogP contribution in [-0.2, 0) is 23.9 Å². The summed E-state index contributed by atoms with van der Waals surface area (Å²) in [6.07, 6.45) is -0.00913. The van der Waals surface area contributed by atoms with Gasteiger partial charge in [-0.05, 0) is 12.8 Å². The molecular formula is C12H16Cl3NO5. The van der Waals surface area contributed by atoms with Gasteiger partial charge < -0.3 is 14.8 Å². The number of hydrogen-bond donors (Lipinski definition) is 1. The van der Waals surface area contributed by atoms with Crippen molar-refractivity contribution in [3.8, 4) is 0 Å². The van der Waals surface area contributed by atoms with Crippen molar-refractivity contribution in [1.82, 2.24) is 5.32 Å². The average molecular weight is 361 g/mol. The van der Waals surface area contributed by atoms with E-state index in [0.29, 0.717) is 12.8 Å². The zero-order valence-corrected chi connectivity index (χ0v) is 13.8. The maximum Gasteiger partial charge on any atom is 0.303 e. The van der Waals surface area contributed by atoms with Crippen LogP contribution in [0.5, 0.6) is 0 Å². The second kappa shape index (κ2) is 7.51. The smallest absolute Gasteiger partial charge is 0.303 e. The molecule has 1 aliphatic carbocycles. The maximum absolute atomic E-state index is 11.5. The van der Waals surface area contributed by atoms with Crippen LogP contribution in [0.15, 0.2) is 0 Å². The van der Waals surface area contributed by atoms with E-state index >= 15 is 0 Å². The third-order valence-electron chi connectivity index (χ3n) is 3.05. The van der Waals surface area contributed by atoms with Crippen LogP contribution in [0, 0.1) is 5.92 Å². The van der Waals surface area contributed by atoms with Gasteiger partial charge in [-0.25, -0.2) is 0 Å². The lowest BCUT2D eigenvalue weighted by Gasteiger charge is -2.24. The van der Waals surface area contributed by atoms with Gasteiger partial charge in [-0.3, -0.25) is 14.4 Å². The van der Waals surface area contributed by atoms with E-state index < -0.39 is 33.8 Å². The Bertz CT molecular complexity index is 424. The normalized spacial score (nSPS) is 25.3. The molecule has 1 aliphatic rings. The third kappa shape index (κ3) is 5.88. The van der Waals surface area contributed by atoms with E-state index in [-0.39, 0.29) is 12.5 Å². The summed E-state index contributed by atoms with van der Waals surface area (Å²) in [5, 5.41) is 2.48. The molecule has 0 aliphatic heterocycles. The topological polar surface area (TPSA) is 81.7 Å². The fourth-order valence-electron chi connectivity index (χ4n) is 2.26. The molecule has 3 atom stereocenters. The Morgan fingerprint density at radius 2 is 1.67 bits per heavy atom. The first-order valence-electron chi connectivity index (χ1n) is 6.30. The molecule has 1 N–H and O–H groups in total. The summed E-state index contributed by atoms with van der Waals surface area (Å²) in [6, 6.07) is 0. The van der Waals surface area contributed by atoms with E-state index in [1.165, 1.54) is 13.8 Å². The first-order chi connectivity index (χ1) is 9.61. The minimum Gasteiger partial charge on any atom is -0.459 e. The Morgan fingerprint density at radius 1 is 1.10 bits per heavy atom. The molecule has 1 fully saturated rings. The molecule has 0 spiro atoms. The summed E-state index contributed by atoms with van der Waals surface area (Å²) in [6.45, 7) is 2.70. The average Bonchev–Trinajstić information content (AvgIpc) is 2.66. The highest BCUT2D eigenvalue weighted by Gasteiger charge is 2.41. The molecule has 0 aromatic rings. The number of halogens is 3. The summed E-state index contributed by atoms with van der Waals surface area (Å²) < 4.78 is 8.26. The van der Waals surface area contributed by atoms with Gasteiger partial charge in [0.25, 0.3) is 9.70 Å². The predicted molar refractivity (Wildman–Crippen MR) is 77.1 cm³/mol. The molecule has 1 amide bonds. The van der Waals surface area contributed by atoms with Crippen molar-refractivity contribution in [2.24, 2.45) is 5.92 Å². The number of esters is 2. The first-order valence-corrected chi connectivity index (χ1v) is 7.44. The minimum absolute atomic E-state index is 0.155. The summed E-state index contributed by atoms with van der Waals surface area (Å²) in [7, 11) is 0. The van der Waals surface area contributed by atoms with Gasteiger partial charge in [0.05, 0.1) is 0 Å². The van der Waals surface area contributed by atoms with Crippen molar-refractivity contribution in [2.75, 3.05) is 6.54 Å². The molecule has 9 heteroatoms. The quantitative estimate of drug-likeness (QED) is 0.610. The minimum atomic E-state index is -2.05. The monoisotopic (exact) mass is 359 g/mol. The molecule has 1 saturated carbocycles. The lowest BCUT2D eigenvalue weighted by molar-refractivity contribution is -0.164. The second-order valence-electron chi connectivity index (χ2n) is 4.77. The van der Waals surface area contributed by atoms with Crippen LogP contribution in [0.2, 0.25) is 0 Å². The van der Waals surface area contributed by atoms with E-state index in [1.807, 2.05) is 0 Å². The van der Waals surface area contributed by atoms with E-state index in [1.54, 1.807) is 0 Å². The molecule has 0 radical (unpaired) electrons. The summed E-state index contributed by atoms with van der Waals surface area (Å²) >= 11 is 16.4. The number of ether oxygens (including phenoxy) is 2. The molecular weight excluding hydrogens is 344 g/mol. The van der Waals surface area contributed by atoms with Crippen LogP contribution in [-0.4, -0.2) is 40.4 Å². The van der Waals surface area contributed by atoms with Gasteiger partial charge in [0.1, 0.15) is 12.2 Å². The van der Waals surface area contributed by atoms with Crippen LogP contribution >= 0.6 is 34.8 Å². The molecule has 120 valence electrons. The third-order valence-corrected chi connectivity index (χ3v) is 3.57. The highest BCUT2D eigenvalue weighted by atomic mass is 35.6. The Balaban J connectivity index is 2.65. The van der Waals surface area contributed by atoms with Gasteiger partial charge in [-0.15, -0.1) is 0 Å². The van der Waals surface area contributed by atoms with Crippen LogP contribution in [0.1, 0.15) is 26.7 Å². The van der Waals surface area contributed by atoms with Crippen molar-refractivity contribution in [3.05, 3.63) is 0 Å². The number of carbonyl (C=O) groups is 3. The molecule has 1 rings (SSSR count). The molecule has 0 aromatic carbocycles. The lowest BCUT2D eigenvalue weighted by atomic mass is 10.1. The molecule has 0 aromatic heterocycles. The zero-order valence-electron chi connectivity index (χ0n) is 11.5. The Hall–Kier alpha value is -0.720. The van der Waals surface area contributed by atoms with Gasteiger partial charge in [-0.1, -0.05) is 34.8 Å². The highest BCUT2D eigenvalue weighted by molar-refractivity contribution is 6.76. The number of hydrogen-bond acceptors (Lipinski definition) is 5. The van der Waals surface area contributed by atoms with Crippen molar-refractivity contribution < 1.29 is 23.9 Å². The maximum atomic E-state index is 11.5. The van der Waals surface area contributed by atoms with Crippen LogP contribution in [0.4, 0.5) is 0 Å². The molecule has 0 unspecified atom stereocenters. The van der Waals surface area contributed by atoms with Crippen molar-refractivity contribution in [3.63, 3.8) is 0 Å². The van der Waals surface area contributed by atoms with Gasteiger partial charge in [-0.2, -0.15) is 0 Å². The number of alkyl halides is 3. The van der Waals surface area contributed by atoms with E-state index in [2.05, 4.69) is 5.32 Å². The van der Waals surface area contributed by atoms with Crippen LogP contribution in [0.3, 0.4) is 0 Å². The lowest BCUT2D eigenvalue weighted by Crippen LogP contribution is -2.42. The molecule has 21 heavy (non-hydrogen) atoms. The number of rotatable bonds is 4. The fraction of sp³-hybridized carbons (Fsp3) is 0.750. The SMILES string of the molecule is CC(=O)O[C@@H]1[C@@H](CNC(=O)C(Cl)(Cl)Cl)CC[C@@H]1OC(C)=O. The Labute approximate surface area is 137 Å². The standard InChI is InChI=1S/C12H16Cl3NO5/c1-6(17)20-9-4-3-8(10(9)21-7(2)18)5-16-11(19)12(13,14)15/h8-10H,3-5H2,1-2H3,(H,16,19)/t8-,9+,10-/m1/s1. The molecule has 0 bridgehead atoms. The van der Waals surface area contributed by atoms with Crippen molar-refractivity contribution >= 4 is 52.6 Å². The van der Waals surface area contributed by atoms with Gasteiger partial charge in [0.15, 0.2) is 0 Å².